The molecule has 5 nitrogen and oxygen atoms in total. The molecule has 0 aromatic heterocycles. The molecule has 0 spiro atoms. The second kappa shape index (κ2) is 7.19. The second-order valence-corrected chi connectivity index (χ2v) is 4.25. The zero-order valence-electron chi connectivity index (χ0n) is 12.1. The van der Waals surface area contributed by atoms with Gasteiger partial charge in [0.1, 0.15) is 5.75 Å². The van der Waals surface area contributed by atoms with E-state index in [4.69, 9.17) is 14.7 Å². The van der Waals surface area contributed by atoms with Crippen molar-refractivity contribution in [2.75, 3.05) is 27.8 Å². The van der Waals surface area contributed by atoms with Crippen molar-refractivity contribution in [1.82, 2.24) is 4.90 Å². The third kappa shape index (κ3) is 3.75. The molecule has 0 atom stereocenters. The first kappa shape index (κ1) is 15.6. The Balaban J connectivity index is 3.35. The molecule has 0 unspecified atom stereocenters. The lowest BCUT2D eigenvalue weighted by molar-refractivity contribution is -0.136. The molecule has 1 aromatic rings. The number of nitriles is 1. The van der Waals surface area contributed by atoms with Gasteiger partial charge in [0.25, 0.3) is 0 Å². The van der Waals surface area contributed by atoms with Crippen molar-refractivity contribution in [3.63, 3.8) is 0 Å². The number of ether oxygens (including phenoxy) is 2. The third-order valence-corrected chi connectivity index (χ3v) is 2.50. The van der Waals surface area contributed by atoms with Gasteiger partial charge in [-0.05, 0) is 25.1 Å². The minimum atomic E-state index is -0.427. The number of esters is 1. The van der Waals surface area contributed by atoms with Crippen LogP contribution in [0.15, 0.2) is 24.4 Å². The lowest BCUT2D eigenvalue weighted by Crippen LogP contribution is -2.12. The first-order valence-corrected chi connectivity index (χ1v) is 6.17. The normalized spacial score (nSPS) is 10.7. The molecule has 0 heterocycles. The summed E-state index contributed by atoms with van der Waals surface area (Å²) in [6.45, 7) is 2.05. The van der Waals surface area contributed by atoms with E-state index in [0.29, 0.717) is 29.1 Å². The minimum Gasteiger partial charge on any atom is -0.496 e. The van der Waals surface area contributed by atoms with Crippen molar-refractivity contribution in [2.24, 2.45) is 0 Å². The molecule has 0 N–H and O–H groups in total. The molecule has 0 saturated carbocycles. The summed E-state index contributed by atoms with van der Waals surface area (Å²) in [5.74, 6) is 0.0365. The smallest absolute Gasteiger partial charge is 0.340 e. The summed E-state index contributed by atoms with van der Waals surface area (Å²) in [6, 6.07) is 6.96. The van der Waals surface area contributed by atoms with E-state index >= 15 is 0 Å². The summed E-state index contributed by atoms with van der Waals surface area (Å²) in [6.07, 6.45) is 1.67. The molecular weight excluding hydrogens is 256 g/mol. The van der Waals surface area contributed by atoms with Gasteiger partial charge in [0.05, 0.1) is 30.9 Å². The fourth-order valence-electron chi connectivity index (χ4n) is 1.68. The molecular formula is C15H18N2O3. The van der Waals surface area contributed by atoms with E-state index in [0.717, 1.165) is 0 Å². The zero-order chi connectivity index (χ0) is 15.1. The lowest BCUT2D eigenvalue weighted by atomic mass is 10.0. The third-order valence-electron chi connectivity index (χ3n) is 2.50. The molecule has 0 saturated heterocycles. The second-order valence-electron chi connectivity index (χ2n) is 4.25. The van der Waals surface area contributed by atoms with Crippen LogP contribution in [0.3, 0.4) is 0 Å². The van der Waals surface area contributed by atoms with Gasteiger partial charge in [0.2, 0.25) is 0 Å². The van der Waals surface area contributed by atoms with Crippen LogP contribution in [-0.2, 0) is 9.53 Å². The van der Waals surface area contributed by atoms with Crippen molar-refractivity contribution in [1.29, 1.82) is 5.26 Å². The van der Waals surface area contributed by atoms with Gasteiger partial charge in [0, 0.05) is 25.9 Å². The Bertz CT molecular complexity index is 557. The van der Waals surface area contributed by atoms with Gasteiger partial charge in [-0.15, -0.1) is 0 Å². The average Bonchev–Trinajstić information content (AvgIpc) is 2.44. The molecule has 5 heteroatoms. The molecule has 0 radical (unpaired) electrons. The molecule has 1 aromatic carbocycles. The van der Waals surface area contributed by atoms with Crippen LogP contribution in [-0.4, -0.2) is 38.7 Å². The Morgan fingerprint density at radius 2 is 2.15 bits per heavy atom. The maximum atomic E-state index is 12.1. The quantitative estimate of drug-likeness (QED) is 0.607. The number of hydrogen-bond acceptors (Lipinski definition) is 5. The number of carbonyl (C=O) groups is 1. The predicted molar refractivity (Wildman–Crippen MR) is 76.0 cm³/mol. The predicted octanol–water partition coefficient (Wildman–Crippen LogP) is 2.03. The molecule has 1 rings (SSSR count). The number of rotatable bonds is 5. The van der Waals surface area contributed by atoms with Crippen LogP contribution in [0, 0.1) is 11.3 Å². The van der Waals surface area contributed by atoms with E-state index in [1.54, 1.807) is 36.2 Å². The van der Waals surface area contributed by atoms with Crippen molar-refractivity contribution in [3.05, 3.63) is 35.5 Å². The van der Waals surface area contributed by atoms with Crippen LogP contribution < -0.4 is 4.74 Å². The van der Waals surface area contributed by atoms with Gasteiger partial charge in [-0.2, -0.15) is 5.26 Å². The highest BCUT2D eigenvalue weighted by Gasteiger charge is 2.18. The zero-order valence-corrected chi connectivity index (χ0v) is 12.1. The summed E-state index contributed by atoms with van der Waals surface area (Å²) < 4.78 is 10.3. The van der Waals surface area contributed by atoms with Gasteiger partial charge in [-0.25, -0.2) is 4.79 Å². The van der Waals surface area contributed by atoms with Crippen LogP contribution >= 0.6 is 0 Å². The highest BCUT2D eigenvalue weighted by molar-refractivity contribution is 6.17. The fraction of sp³-hybridized carbons (Fsp3) is 0.333. The van der Waals surface area contributed by atoms with Crippen LogP contribution in [0.5, 0.6) is 5.75 Å². The highest BCUT2D eigenvalue weighted by atomic mass is 16.5. The summed E-state index contributed by atoms with van der Waals surface area (Å²) in [5, 5.41) is 8.91. The van der Waals surface area contributed by atoms with Crippen LogP contribution in [0.4, 0.5) is 0 Å². The maximum Gasteiger partial charge on any atom is 0.340 e. The number of nitrogens with zero attached hydrogens (tertiary/aromatic N) is 2. The van der Waals surface area contributed by atoms with E-state index in [9.17, 15) is 4.79 Å². The van der Waals surface area contributed by atoms with Gasteiger partial charge < -0.3 is 14.4 Å². The van der Waals surface area contributed by atoms with Gasteiger partial charge in [0.15, 0.2) is 0 Å². The summed E-state index contributed by atoms with van der Waals surface area (Å²) in [7, 11) is 5.13. The number of methoxy groups -OCH3 is 1. The monoisotopic (exact) mass is 274 g/mol. The van der Waals surface area contributed by atoms with Crippen LogP contribution in [0.25, 0.3) is 5.57 Å². The first-order chi connectivity index (χ1) is 9.53. The van der Waals surface area contributed by atoms with E-state index in [1.807, 2.05) is 20.2 Å². The first-order valence-electron chi connectivity index (χ1n) is 6.17. The number of hydrogen-bond donors (Lipinski definition) is 0. The van der Waals surface area contributed by atoms with Gasteiger partial charge in [-0.1, -0.05) is 0 Å². The van der Waals surface area contributed by atoms with Crippen molar-refractivity contribution >= 4 is 11.5 Å². The Labute approximate surface area is 119 Å². The minimum absolute atomic E-state index is 0.294. The van der Waals surface area contributed by atoms with Crippen LogP contribution in [0.1, 0.15) is 18.1 Å². The highest BCUT2D eigenvalue weighted by Crippen LogP contribution is 2.28. The molecule has 0 amide bonds. The maximum absolute atomic E-state index is 12.1. The van der Waals surface area contributed by atoms with Crippen LogP contribution in [0.2, 0.25) is 0 Å². The summed E-state index contributed by atoms with van der Waals surface area (Å²) in [4.78, 5) is 13.8. The molecule has 106 valence electrons. The van der Waals surface area contributed by atoms with E-state index in [1.165, 1.54) is 7.11 Å². The Hall–Kier alpha value is -2.48. The van der Waals surface area contributed by atoms with Gasteiger partial charge >= 0.3 is 5.97 Å². The Morgan fingerprint density at radius 3 is 2.65 bits per heavy atom. The van der Waals surface area contributed by atoms with E-state index < -0.39 is 5.97 Å². The molecule has 0 aliphatic rings. The Kier molecular flexibility index (Phi) is 5.60. The number of carbonyl (C=O) groups excluding carboxylic acids is 1. The molecule has 0 bridgehead atoms. The Morgan fingerprint density at radius 1 is 1.45 bits per heavy atom. The van der Waals surface area contributed by atoms with E-state index in [2.05, 4.69) is 0 Å². The van der Waals surface area contributed by atoms with Crippen molar-refractivity contribution in [3.8, 4) is 11.8 Å². The number of benzene rings is 1. The SMILES string of the molecule is CCOC(=O)C(=CN(C)C)c1ccc(C#N)cc1OC. The molecule has 0 fully saturated rings. The lowest BCUT2D eigenvalue weighted by Gasteiger charge is -2.14. The summed E-state index contributed by atoms with van der Waals surface area (Å²) >= 11 is 0. The topological polar surface area (TPSA) is 62.6 Å². The standard InChI is InChI=1S/C15H18N2O3/c1-5-20-15(18)13(10-17(2)3)12-7-6-11(9-16)8-14(12)19-4/h6-8,10H,5H2,1-4H3. The average molecular weight is 274 g/mol. The largest absolute Gasteiger partial charge is 0.496 e. The van der Waals surface area contributed by atoms with Gasteiger partial charge in [-0.3, -0.25) is 0 Å². The fourth-order valence-corrected chi connectivity index (χ4v) is 1.68. The molecule has 0 aliphatic heterocycles. The van der Waals surface area contributed by atoms with Crippen molar-refractivity contribution in [2.45, 2.75) is 6.92 Å². The van der Waals surface area contributed by atoms with Crippen molar-refractivity contribution < 1.29 is 14.3 Å². The van der Waals surface area contributed by atoms with E-state index in [-0.39, 0.29) is 0 Å². The molecule has 20 heavy (non-hydrogen) atoms. The summed E-state index contributed by atoms with van der Waals surface area (Å²) in [5.41, 5.74) is 1.45. The molecule has 0 aliphatic carbocycles.